The molecule has 2 aromatic rings. The number of rotatable bonds is 4. The standard InChI is InChI=1S/C22H24F2N2O2/c1-13-3-10-20(14(2)11-13)26-22(28)16-6-4-15(5-7-16)21(27)25-17-8-9-18(23)19(24)12-17/h3,8-12,15-16H,4-7H2,1-2H3,(H,25,27)(H,26,28). The van der Waals surface area contributed by atoms with E-state index in [9.17, 15) is 18.4 Å². The fourth-order valence-corrected chi connectivity index (χ4v) is 3.62. The Labute approximate surface area is 163 Å². The minimum atomic E-state index is -0.996. The van der Waals surface area contributed by atoms with Gasteiger partial charge in [-0.15, -0.1) is 0 Å². The van der Waals surface area contributed by atoms with E-state index in [1.807, 2.05) is 32.0 Å². The van der Waals surface area contributed by atoms with Gasteiger partial charge in [0, 0.05) is 29.3 Å². The normalized spacial score (nSPS) is 19.1. The number of amides is 2. The predicted molar refractivity (Wildman–Crippen MR) is 105 cm³/mol. The molecule has 0 unspecified atom stereocenters. The molecule has 148 valence electrons. The number of halogens is 2. The third kappa shape index (κ3) is 4.74. The van der Waals surface area contributed by atoms with Gasteiger partial charge >= 0.3 is 0 Å². The SMILES string of the molecule is Cc1ccc(NC(=O)C2CCC(C(=O)Nc3ccc(F)c(F)c3)CC2)c(C)c1. The smallest absolute Gasteiger partial charge is 0.227 e. The molecule has 28 heavy (non-hydrogen) atoms. The molecule has 1 fully saturated rings. The van der Waals surface area contributed by atoms with Gasteiger partial charge in [-0.2, -0.15) is 0 Å². The summed E-state index contributed by atoms with van der Waals surface area (Å²) in [6.45, 7) is 3.97. The van der Waals surface area contributed by atoms with Crippen molar-refractivity contribution in [2.45, 2.75) is 39.5 Å². The van der Waals surface area contributed by atoms with Gasteiger partial charge < -0.3 is 10.6 Å². The average molecular weight is 386 g/mol. The molecule has 0 aromatic heterocycles. The highest BCUT2D eigenvalue weighted by atomic mass is 19.2. The maximum Gasteiger partial charge on any atom is 0.227 e. The zero-order chi connectivity index (χ0) is 20.3. The zero-order valence-corrected chi connectivity index (χ0v) is 16.0. The molecule has 1 saturated carbocycles. The molecule has 2 amide bonds. The first-order chi connectivity index (χ1) is 13.3. The summed E-state index contributed by atoms with van der Waals surface area (Å²) < 4.78 is 26.3. The van der Waals surface area contributed by atoms with Gasteiger partial charge in [0.1, 0.15) is 0 Å². The van der Waals surface area contributed by atoms with E-state index in [1.165, 1.54) is 6.07 Å². The van der Waals surface area contributed by atoms with Crippen LogP contribution in [0.25, 0.3) is 0 Å². The lowest BCUT2D eigenvalue weighted by Gasteiger charge is -2.27. The first-order valence-corrected chi connectivity index (χ1v) is 9.47. The summed E-state index contributed by atoms with van der Waals surface area (Å²) >= 11 is 0. The minimum absolute atomic E-state index is 0.0218. The number of carbonyl (C=O) groups excluding carboxylic acids is 2. The molecule has 0 spiro atoms. The number of anilines is 2. The van der Waals surface area contributed by atoms with E-state index in [-0.39, 0.29) is 29.3 Å². The number of nitrogens with one attached hydrogen (secondary N) is 2. The quantitative estimate of drug-likeness (QED) is 0.780. The molecule has 6 heteroatoms. The summed E-state index contributed by atoms with van der Waals surface area (Å²) in [5, 5.41) is 5.62. The number of aryl methyl sites for hydroxylation is 2. The van der Waals surface area contributed by atoms with Crippen molar-refractivity contribution >= 4 is 23.2 Å². The van der Waals surface area contributed by atoms with Crippen molar-refractivity contribution in [1.82, 2.24) is 0 Å². The Bertz CT molecular complexity index is 890. The summed E-state index contributed by atoms with van der Waals surface area (Å²) in [5.41, 5.74) is 3.21. The minimum Gasteiger partial charge on any atom is -0.326 e. The van der Waals surface area contributed by atoms with E-state index in [1.54, 1.807) is 0 Å². The van der Waals surface area contributed by atoms with Gasteiger partial charge in [-0.1, -0.05) is 17.7 Å². The van der Waals surface area contributed by atoms with Crippen molar-refractivity contribution in [1.29, 1.82) is 0 Å². The first-order valence-electron chi connectivity index (χ1n) is 9.47. The highest BCUT2D eigenvalue weighted by molar-refractivity contribution is 5.94. The molecule has 0 atom stereocenters. The van der Waals surface area contributed by atoms with E-state index < -0.39 is 11.6 Å². The fourth-order valence-electron chi connectivity index (χ4n) is 3.62. The Morgan fingerprint density at radius 2 is 1.43 bits per heavy atom. The Morgan fingerprint density at radius 3 is 2.00 bits per heavy atom. The molecule has 2 N–H and O–H groups in total. The summed E-state index contributed by atoms with van der Waals surface area (Å²) in [6.07, 6.45) is 2.40. The third-order valence-corrected chi connectivity index (χ3v) is 5.30. The fraction of sp³-hybridized carbons (Fsp3) is 0.364. The van der Waals surface area contributed by atoms with Gasteiger partial charge in [0.05, 0.1) is 0 Å². The molecule has 4 nitrogen and oxygen atoms in total. The summed E-state index contributed by atoms with van der Waals surface area (Å²) in [4.78, 5) is 24.9. The lowest BCUT2D eigenvalue weighted by Crippen LogP contribution is -2.32. The average Bonchev–Trinajstić information content (AvgIpc) is 2.67. The van der Waals surface area contributed by atoms with Crippen LogP contribution in [-0.2, 0) is 9.59 Å². The largest absolute Gasteiger partial charge is 0.326 e. The molecule has 0 aliphatic heterocycles. The van der Waals surface area contributed by atoms with Crippen LogP contribution in [0.5, 0.6) is 0 Å². The topological polar surface area (TPSA) is 58.2 Å². The number of hydrogen-bond donors (Lipinski definition) is 2. The maximum absolute atomic E-state index is 13.3. The number of hydrogen-bond acceptors (Lipinski definition) is 2. The molecule has 0 saturated heterocycles. The van der Waals surface area contributed by atoms with Crippen LogP contribution in [-0.4, -0.2) is 11.8 Å². The third-order valence-electron chi connectivity index (χ3n) is 5.30. The van der Waals surface area contributed by atoms with Crippen molar-refractivity contribution in [2.75, 3.05) is 10.6 Å². The van der Waals surface area contributed by atoms with Crippen LogP contribution in [0.4, 0.5) is 20.2 Å². The second kappa shape index (κ2) is 8.50. The lowest BCUT2D eigenvalue weighted by molar-refractivity contribution is -0.125. The molecule has 0 radical (unpaired) electrons. The monoisotopic (exact) mass is 386 g/mol. The lowest BCUT2D eigenvalue weighted by atomic mass is 9.81. The van der Waals surface area contributed by atoms with Gasteiger partial charge in [-0.05, 0) is 63.3 Å². The molecule has 0 heterocycles. The zero-order valence-electron chi connectivity index (χ0n) is 16.0. The van der Waals surface area contributed by atoms with Crippen molar-refractivity contribution in [3.8, 4) is 0 Å². The van der Waals surface area contributed by atoms with E-state index >= 15 is 0 Å². The second-order valence-electron chi connectivity index (χ2n) is 7.47. The number of carbonyl (C=O) groups is 2. The maximum atomic E-state index is 13.3. The molecular weight excluding hydrogens is 362 g/mol. The van der Waals surface area contributed by atoms with Crippen LogP contribution >= 0.6 is 0 Å². The van der Waals surface area contributed by atoms with Crippen molar-refractivity contribution < 1.29 is 18.4 Å². The molecule has 1 aliphatic rings. The van der Waals surface area contributed by atoms with E-state index in [0.29, 0.717) is 25.7 Å². The van der Waals surface area contributed by atoms with Crippen molar-refractivity contribution in [3.63, 3.8) is 0 Å². The van der Waals surface area contributed by atoms with Gasteiger partial charge in [0.25, 0.3) is 0 Å². The van der Waals surface area contributed by atoms with Crippen molar-refractivity contribution in [2.24, 2.45) is 11.8 Å². The van der Waals surface area contributed by atoms with Gasteiger partial charge in [0.15, 0.2) is 11.6 Å². The Kier molecular flexibility index (Phi) is 6.07. The summed E-state index contributed by atoms with van der Waals surface area (Å²) in [5.74, 6) is -2.56. The Balaban J connectivity index is 1.52. The summed E-state index contributed by atoms with van der Waals surface area (Å²) in [6, 6.07) is 9.18. The van der Waals surface area contributed by atoms with E-state index in [4.69, 9.17) is 0 Å². The van der Waals surface area contributed by atoms with Crippen LogP contribution in [0.2, 0.25) is 0 Å². The van der Waals surface area contributed by atoms with Crippen molar-refractivity contribution in [3.05, 3.63) is 59.2 Å². The van der Waals surface area contributed by atoms with Crippen LogP contribution in [0.1, 0.15) is 36.8 Å². The summed E-state index contributed by atoms with van der Waals surface area (Å²) in [7, 11) is 0. The van der Waals surface area contributed by atoms with Gasteiger partial charge in [-0.25, -0.2) is 8.78 Å². The van der Waals surface area contributed by atoms with Gasteiger partial charge in [0.2, 0.25) is 11.8 Å². The molecular formula is C22H24F2N2O2. The van der Waals surface area contributed by atoms with Crippen LogP contribution in [0.3, 0.4) is 0 Å². The van der Waals surface area contributed by atoms with Crippen LogP contribution in [0.15, 0.2) is 36.4 Å². The second-order valence-corrected chi connectivity index (χ2v) is 7.47. The Morgan fingerprint density at radius 1 is 0.821 bits per heavy atom. The molecule has 0 bridgehead atoms. The first kappa shape index (κ1) is 20.0. The Hall–Kier alpha value is -2.76. The predicted octanol–water partition coefficient (Wildman–Crippen LogP) is 4.97. The van der Waals surface area contributed by atoms with Gasteiger partial charge in [-0.3, -0.25) is 9.59 Å². The highest BCUT2D eigenvalue weighted by Gasteiger charge is 2.30. The van der Waals surface area contributed by atoms with Crippen LogP contribution in [0, 0.1) is 37.3 Å². The van der Waals surface area contributed by atoms with E-state index in [2.05, 4.69) is 10.6 Å². The molecule has 2 aromatic carbocycles. The highest BCUT2D eigenvalue weighted by Crippen LogP contribution is 2.31. The number of benzene rings is 2. The van der Waals surface area contributed by atoms with Crippen LogP contribution < -0.4 is 10.6 Å². The van der Waals surface area contributed by atoms with E-state index in [0.717, 1.165) is 28.9 Å². The molecule has 1 aliphatic carbocycles. The molecule has 3 rings (SSSR count).